The average molecular weight is 347 g/mol. The van der Waals surface area contributed by atoms with Crippen molar-refractivity contribution in [3.8, 4) is 0 Å². The van der Waals surface area contributed by atoms with Crippen molar-refractivity contribution in [3.63, 3.8) is 0 Å². The van der Waals surface area contributed by atoms with Crippen LogP contribution in [0.15, 0.2) is 28.7 Å². The lowest BCUT2D eigenvalue weighted by molar-refractivity contribution is 0.0791. The number of halogens is 4. The standard InChI is InChI=1S/C9H7BrCl3NO2/c10-6-4-2-1-3-5(6)7(15)14-8(16)9(11,12)13/h1-4,8,16H,(H,14,15). The van der Waals surface area contributed by atoms with E-state index in [-0.39, 0.29) is 0 Å². The van der Waals surface area contributed by atoms with Gasteiger partial charge in [-0.2, -0.15) is 0 Å². The lowest BCUT2D eigenvalue weighted by Crippen LogP contribution is -2.43. The monoisotopic (exact) mass is 345 g/mol. The first-order valence-corrected chi connectivity index (χ1v) is 6.05. The number of hydrogen-bond donors (Lipinski definition) is 2. The summed E-state index contributed by atoms with van der Waals surface area (Å²) in [7, 11) is 0. The molecule has 0 fully saturated rings. The molecule has 1 aromatic carbocycles. The van der Waals surface area contributed by atoms with Gasteiger partial charge in [-0.1, -0.05) is 46.9 Å². The smallest absolute Gasteiger partial charge is 0.254 e. The minimum atomic E-state index is -1.96. The summed E-state index contributed by atoms with van der Waals surface area (Å²) in [6.07, 6.45) is -1.57. The Morgan fingerprint density at radius 3 is 2.44 bits per heavy atom. The number of carbonyl (C=O) groups is 1. The van der Waals surface area contributed by atoms with Gasteiger partial charge in [-0.25, -0.2) is 0 Å². The summed E-state index contributed by atoms with van der Waals surface area (Å²) in [6, 6.07) is 6.70. The van der Waals surface area contributed by atoms with E-state index < -0.39 is 15.9 Å². The Hall–Kier alpha value is -0.000000000000000167. The molecule has 7 heteroatoms. The maximum absolute atomic E-state index is 11.6. The second-order valence-corrected chi connectivity index (χ2v) is 6.12. The highest BCUT2D eigenvalue weighted by Crippen LogP contribution is 2.29. The van der Waals surface area contributed by atoms with Crippen molar-refractivity contribution in [2.45, 2.75) is 10.0 Å². The molecule has 1 atom stereocenters. The number of aliphatic hydroxyl groups excluding tert-OH is 1. The van der Waals surface area contributed by atoms with E-state index in [1.807, 2.05) is 0 Å². The molecule has 1 rings (SSSR count). The summed E-state index contributed by atoms with van der Waals surface area (Å²) in [5.74, 6) is -0.536. The molecule has 3 nitrogen and oxygen atoms in total. The van der Waals surface area contributed by atoms with Gasteiger partial charge in [0.1, 0.15) is 0 Å². The molecule has 0 aromatic heterocycles. The third kappa shape index (κ3) is 3.79. The molecule has 1 unspecified atom stereocenters. The zero-order valence-corrected chi connectivity index (χ0v) is 11.6. The predicted molar refractivity (Wildman–Crippen MR) is 67.9 cm³/mol. The van der Waals surface area contributed by atoms with E-state index in [1.54, 1.807) is 24.3 Å². The zero-order chi connectivity index (χ0) is 12.3. The molecule has 88 valence electrons. The molecule has 0 radical (unpaired) electrons. The van der Waals surface area contributed by atoms with E-state index >= 15 is 0 Å². The van der Waals surface area contributed by atoms with Crippen LogP contribution >= 0.6 is 50.7 Å². The molecule has 1 amide bonds. The van der Waals surface area contributed by atoms with Crippen molar-refractivity contribution in [2.24, 2.45) is 0 Å². The summed E-state index contributed by atoms with van der Waals surface area (Å²) >= 11 is 19.4. The van der Waals surface area contributed by atoms with Crippen LogP contribution in [-0.4, -0.2) is 21.0 Å². The molecule has 1 aromatic rings. The summed E-state index contributed by atoms with van der Waals surface area (Å²) in [6.45, 7) is 0. The maximum Gasteiger partial charge on any atom is 0.254 e. The van der Waals surface area contributed by atoms with Gasteiger partial charge in [-0.3, -0.25) is 4.79 Å². The minimum absolute atomic E-state index is 0.343. The highest BCUT2D eigenvalue weighted by atomic mass is 79.9. The molecule has 0 spiro atoms. The topological polar surface area (TPSA) is 49.3 Å². The molecule has 16 heavy (non-hydrogen) atoms. The van der Waals surface area contributed by atoms with E-state index in [1.165, 1.54) is 0 Å². The van der Waals surface area contributed by atoms with Gasteiger partial charge in [0.15, 0.2) is 6.23 Å². The van der Waals surface area contributed by atoms with E-state index in [0.717, 1.165) is 0 Å². The summed E-state index contributed by atoms with van der Waals surface area (Å²) in [5, 5.41) is 11.5. The number of carbonyl (C=O) groups excluding carboxylic acids is 1. The van der Waals surface area contributed by atoms with Crippen molar-refractivity contribution in [2.75, 3.05) is 0 Å². The first kappa shape index (κ1) is 14.1. The average Bonchev–Trinajstić information content (AvgIpc) is 2.16. The Labute approximate surface area is 116 Å². The predicted octanol–water partition coefficient (Wildman–Crippen LogP) is 2.87. The van der Waals surface area contributed by atoms with Gasteiger partial charge >= 0.3 is 0 Å². The van der Waals surface area contributed by atoms with Crippen LogP contribution in [0.3, 0.4) is 0 Å². The van der Waals surface area contributed by atoms with Gasteiger partial charge in [0.2, 0.25) is 3.79 Å². The van der Waals surface area contributed by atoms with Crippen molar-refractivity contribution in [3.05, 3.63) is 34.3 Å². The van der Waals surface area contributed by atoms with E-state index in [0.29, 0.717) is 10.0 Å². The lowest BCUT2D eigenvalue weighted by atomic mass is 10.2. The fourth-order valence-electron chi connectivity index (χ4n) is 0.929. The van der Waals surface area contributed by atoms with Gasteiger partial charge in [-0.05, 0) is 28.1 Å². The van der Waals surface area contributed by atoms with Crippen molar-refractivity contribution in [1.29, 1.82) is 0 Å². The number of alkyl halides is 3. The SMILES string of the molecule is O=C(NC(O)C(Cl)(Cl)Cl)c1ccccc1Br. The number of amides is 1. The van der Waals surface area contributed by atoms with Gasteiger partial charge in [0, 0.05) is 4.47 Å². The molecule has 0 bridgehead atoms. The summed E-state index contributed by atoms with van der Waals surface area (Å²) < 4.78 is -1.37. The third-order valence-electron chi connectivity index (χ3n) is 1.70. The third-order valence-corrected chi connectivity index (χ3v) is 3.01. The molecular formula is C9H7BrCl3NO2. The van der Waals surface area contributed by atoms with Crippen molar-refractivity contribution < 1.29 is 9.90 Å². The molecule has 0 aliphatic heterocycles. The first-order chi connectivity index (χ1) is 7.32. The Balaban J connectivity index is 2.78. The zero-order valence-electron chi connectivity index (χ0n) is 7.75. The fourth-order valence-corrected chi connectivity index (χ4v) is 1.56. The van der Waals surface area contributed by atoms with Crippen LogP contribution in [-0.2, 0) is 0 Å². The quantitative estimate of drug-likeness (QED) is 0.638. The summed E-state index contributed by atoms with van der Waals surface area (Å²) in [5.41, 5.74) is 0.343. The molecule has 0 saturated carbocycles. The molecule has 0 aliphatic rings. The van der Waals surface area contributed by atoms with Crippen LogP contribution in [0.5, 0.6) is 0 Å². The first-order valence-electron chi connectivity index (χ1n) is 4.12. The Morgan fingerprint density at radius 2 is 1.94 bits per heavy atom. The molecule has 0 heterocycles. The molecular weight excluding hydrogens is 340 g/mol. The van der Waals surface area contributed by atoms with Crippen LogP contribution in [0.1, 0.15) is 10.4 Å². The highest BCUT2D eigenvalue weighted by Gasteiger charge is 2.32. The Bertz CT molecular complexity index is 395. The van der Waals surface area contributed by atoms with Crippen LogP contribution in [0.2, 0.25) is 0 Å². The number of hydrogen-bond acceptors (Lipinski definition) is 2. The highest BCUT2D eigenvalue weighted by molar-refractivity contribution is 9.10. The van der Waals surface area contributed by atoms with Crippen LogP contribution in [0, 0.1) is 0 Å². The fraction of sp³-hybridized carbons (Fsp3) is 0.222. The lowest BCUT2D eigenvalue weighted by Gasteiger charge is -2.20. The van der Waals surface area contributed by atoms with Gasteiger partial charge in [0.25, 0.3) is 5.91 Å². The maximum atomic E-state index is 11.6. The second-order valence-electron chi connectivity index (χ2n) is 2.90. The molecule has 2 N–H and O–H groups in total. The Morgan fingerprint density at radius 1 is 1.38 bits per heavy atom. The van der Waals surface area contributed by atoms with Gasteiger partial charge < -0.3 is 10.4 Å². The van der Waals surface area contributed by atoms with Gasteiger partial charge in [-0.15, -0.1) is 0 Å². The van der Waals surface area contributed by atoms with Gasteiger partial charge in [0.05, 0.1) is 5.56 Å². The van der Waals surface area contributed by atoms with Crippen molar-refractivity contribution >= 4 is 56.6 Å². The number of benzene rings is 1. The number of aliphatic hydroxyl groups is 1. The van der Waals surface area contributed by atoms with E-state index in [9.17, 15) is 9.90 Å². The Kier molecular flexibility index (Phi) is 4.88. The van der Waals surface area contributed by atoms with Crippen molar-refractivity contribution in [1.82, 2.24) is 5.32 Å². The number of rotatable bonds is 2. The normalized spacial score (nSPS) is 13.3. The van der Waals surface area contributed by atoms with E-state index in [2.05, 4.69) is 21.2 Å². The minimum Gasteiger partial charge on any atom is -0.369 e. The van der Waals surface area contributed by atoms with Crippen LogP contribution < -0.4 is 5.32 Å². The van der Waals surface area contributed by atoms with Crippen LogP contribution in [0.4, 0.5) is 0 Å². The summed E-state index contributed by atoms with van der Waals surface area (Å²) in [4.78, 5) is 11.6. The number of nitrogens with one attached hydrogen (secondary N) is 1. The largest absolute Gasteiger partial charge is 0.369 e. The van der Waals surface area contributed by atoms with E-state index in [4.69, 9.17) is 34.8 Å². The molecule has 0 aliphatic carbocycles. The second kappa shape index (κ2) is 5.56. The molecule has 0 saturated heterocycles. The van der Waals surface area contributed by atoms with Crippen LogP contribution in [0.25, 0.3) is 0 Å².